The van der Waals surface area contributed by atoms with Crippen molar-refractivity contribution in [3.05, 3.63) is 71.8 Å². The van der Waals surface area contributed by atoms with Gasteiger partial charge in [0.05, 0.1) is 25.7 Å². The summed E-state index contributed by atoms with van der Waals surface area (Å²) in [4.78, 5) is 13.0. The third-order valence-electron chi connectivity index (χ3n) is 6.96. The van der Waals surface area contributed by atoms with Crippen molar-refractivity contribution in [1.82, 2.24) is 0 Å². The summed E-state index contributed by atoms with van der Waals surface area (Å²) >= 11 is 0. The van der Waals surface area contributed by atoms with Crippen molar-refractivity contribution in [3.8, 4) is 0 Å². The average Bonchev–Trinajstić information content (AvgIpc) is 2.84. The Hall–Kier alpha value is -2.13. The predicted octanol–water partition coefficient (Wildman–Crippen LogP) is 4.11. The minimum absolute atomic E-state index is 0.205. The second-order valence-corrected chi connectivity index (χ2v) is 9.18. The van der Waals surface area contributed by atoms with Gasteiger partial charge in [-0.25, -0.2) is 0 Å². The van der Waals surface area contributed by atoms with Crippen LogP contribution < -0.4 is 5.73 Å². The van der Waals surface area contributed by atoms with E-state index in [1.807, 2.05) is 60.7 Å². The lowest BCUT2D eigenvalue weighted by Gasteiger charge is -2.44. The summed E-state index contributed by atoms with van der Waals surface area (Å²) in [5, 5.41) is 0. The van der Waals surface area contributed by atoms with E-state index in [0.29, 0.717) is 12.3 Å². The Labute approximate surface area is 163 Å². The second-order valence-electron chi connectivity index (χ2n) is 9.18. The van der Waals surface area contributed by atoms with Crippen molar-refractivity contribution >= 4 is 5.91 Å². The van der Waals surface area contributed by atoms with E-state index in [1.165, 1.54) is 6.42 Å². The SMILES string of the molecule is C[C@@H]1CC(C)(C)[N+](C)(CCC(C(N)=O)(c2ccccc2)c2ccccc2)C1. The van der Waals surface area contributed by atoms with Crippen LogP contribution in [0.4, 0.5) is 0 Å². The number of hydrogen-bond donors (Lipinski definition) is 1. The van der Waals surface area contributed by atoms with E-state index in [2.05, 4.69) is 27.8 Å². The van der Waals surface area contributed by atoms with Crippen LogP contribution in [0.5, 0.6) is 0 Å². The van der Waals surface area contributed by atoms with Crippen LogP contribution in [0.1, 0.15) is 44.7 Å². The summed E-state index contributed by atoms with van der Waals surface area (Å²) < 4.78 is 0.975. The Kier molecular flexibility index (Phi) is 5.18. The molecule has 1 saturated heterocycles. The Morgan fingerprint density at radius 1 is 1.07 bits per heavy atom. The number of rotatable bonds is 6. The number of nitrogens with zero attached hydrogens (tertiary/aromatic N) is 1. The zero-order chi connectivity index (χ0) is 19.7. The fraction of sp³-hybridized carbons (Fsp3) is 0.458. The zero-order valence-corrected chi connectivity index (χ0v) is 17.1. The molecule has 3 nitrogen and oxygen atoms in total. The van der Waals surface area contributed by atoms with Gasteiger partial charge in [-0.3, -0.25) is 4.79 Å². The van der Waals surface area contributed by atoms with E-state index in [4.69, 9.17) is 5.73 Å². The molecule has 0 aromatic heterocycles. The molecule has 1 amide bonds. The molecule has 1 unspecified atom stereocenters. The van der Waals surface area contributed by atoms with Crippen molar-refractivity contribution in [2.75, 3.05) is 20.1 Å². The Morgan fingerprint density at radius 3 is 1.93 bits per heavy atom. The maximum atomic E-state index is 13.0. The lowest BCUT2D eigenvalue weighted by molar-refractivity contribution is -0.944. The van der Waals surface area contributed by atoms with Gasteiger partial charge >= 0.3 is 0 Å². The molecule has 1 fully saturated rings. The van der Waals surface area contributed by atoms with Crippen LogP contribution in [0.15, 0.2) is 60.7 Å². The first-order valence-corrected chi connectivity index (χ1v) is 9.97. The van der Waals surface area contributed by atoms with Gasteiger partial charge in [-0.2, -0.15) is 0 Å². The van der Waals surface area contributed by atoms with Crippen molar-refractivity contribution in [3.63, 3.8) is 0 Å². The Bertz CT molecular complexity index is 745. The number of likely N-dealkylation sites (tertiary alicyclic amines) is 1. The van der Waals surface area contributed by atoms with Crippen LogP contribution in [0.2, 0.25) is 0 Å². The first kappa shape index (κ1) is 19.6. The lowest BCUT2D eigenvalue weighted by atomic mass is 9.71. The highest BCUT2D eigenvalue weighted by molar-refractivity contribution is 5.90. The highest BCUT2D eigenvalue weighted by Crippen LogP contribution is 2.42. The molecule has 3 heteroatoms. The molecule has 0 spiro atoms. The third-order valence-corrected chi connectivity index (χ3v) is 6.96. The molecule has 1 aliphatic heterocycles. The number of carbonyl (C=O) groups is 1. The summed E-state index contributed by atoms with van der Waals surface area (Å²) in [6, 6.07) is 20.1. The first-order valence-electron chi connectivity index (χ1n) is 9.97. The van der Waals surface area contributed by atoms with Crippen molar-refractivity contribution < 1.29 is 9.28 Å². The quantitative estimate of drug-likeness (QED) is 0.769. The molecule has 0 aliphatic carbocycles. The normalized spacial score (nSPS) is 24.7. The highest BCUT2D eigenvalue weighted by atomic mass is 16.1. The largest absolute Gasteiger partial charge is 0.369 e. The van der Waals surface area contributed by atoms with Crippen LogP contribution >= 0.6 is 0 Å². The lowest BCUT2D eigenvalue weighted by Crippen LogP contribution is -2.57. The number of benzene rings is 2. The molecule has 2 aromatic rings. The molecular formula is C24H33N2O+. The number of nitrogens with two attached hydrogens (primary N) is 1. The third kappa shape index (κ3) is 3.41. The molecule has 144 valence electrons. The fourth-order valence-corrected chi connectivity index (χ4v) is 5.19. The summed E-state index contributed by atoms with van der Waals surface area (Å²) in [7, 11) is 2.34. The number of amides is 1. The maximum absolute atomic E-state index is 13.0. The molecule has 2 N–H and O–H groups in total. The van der Waals surface area contributed by atoms with E-state index in [0.717, 1.165) is 28.7 Å². The van der Waals surface area contributed by atoms with Crippen molar-refractivity contribution in [2.45, 2.75) is 44.6 Å². The molecule has 1 aliphatic rings. The summed E-state index contributed by atoms with van der Waals surface area (Å²) in [5.41, 5.74) is 7.49. The Morgan fingerprint density at radius 2 is 1.56 bits per heavy atom. The first-order chi connectivity index (χ1) is 12.7. The van der Waals surface area contributed by atoms with Crippen LogP contribution in [-0.2, 0) is 10.2 Å². The zero-order valence-electron chi connectivity index (χ0n) is 17.1. The molecule has 3 rings (SSSR count). The van der Waals surface area contributed by atoms with Gasteiger partial charge < -0.3 is 10.2 Å². The van der Waals surface area contributed by atoms with Crippen LogP contribution in [0.3, 0.4) is 0 Å². The van der Waals surface area contributed by atoms with Crippen molar-refractivity contribution in [2.24, 2.45) is 11.7 Å². The van der Waals surface area contributed by atoms with Crippen molar-refractivity contribution in [1.29, 1.82) is 0 Å². The molecule has 0 saturated carbocycles. The molecule has 27 heavy (non-hydrogen) atoms. The summed E-state index contributed by atoms with van der Waals surface area (Å²) in [6.07, 6.45) is 1.92. The topological polar surface area (TPSA) is 43.1 Å². The van der Waals surface area contributed by atoms with Gasteiger partial charge in [-0.05, 0) is 25.0 Å². The minimum Gasteiger partial charge on any atom is -0.369 e. The van der Waals surface area contributed by atoms with Gasteiger partial charge in [-0.1, -0.05) is 67.6 Å². The van der Waals surface area contributed by atoms with E-state index in [1.54, 1.807) is 0 Å². The monoisotopic (exact) mass is 365 g/mol. The second kappa shape index (κ2) is 7.12. The number of primary amides is 1. The smallest absolute Gasteiger partial charge is 0.232 e. The fourth-order valence-electron chi connectivity index (χ4n) is 5.19. The van der Waals surface area contributed by atoms with Gasteiger partial charge in [0, 0.05) is 18.8 Å². The van der Waals surface area contributed by atoms with Gasteiger partial charge in [0.25, 0.3) is 0 Å². The van der Waals surface area contributed by atoms with E-state index in [-0.39, 0.29) is 11.4 Å². The predicted molar refractivity (Wildman–Crippen MR) is 111 cm³/mol. The highest BCUT2D eigenvalue weighted by Gasteiger charge is 2.50. The molecule has 1 heterocycles. The van der Waals surface area contributed by atoms with Crippen LogP contribution in [-0.4, -0.2) is 36.1 Å². The minimum atomic E-state index is -0.800. The molecule has 0 radical (unpaired) electrons. The maximum Gasteiger partial charge on any atom is 0.232 e. The van der Waals surface area contributed by atoms with Gasteiger partial charge in [0.2, 0.25) is 5.91 Å². The Balaban J connectivity index is 2.05. The summed E-state index contributed by atoms with van der Waals surface area (Å²) in [5.74, 6) is 0.429. The van der Waals surface area contributed by atoms with E-state index >= 15 is 0 Å². The van der Waals surface area contributed by atoms with E-state index in [9.17, 15) is 4.79 Å². The molecule has 0 bridgehead atoms. The number of carbonyl (C=O) groups excluding carboxylic acids is 1. The molecule has 2 aromatic carbocycles. The van der Waals surface area contributed by atoms with E-state index < -0.39 is 5.41 Å². The number of quaternary nitrogens is 1. The van der Waals surface area contributed by atoms with Crippen LogP contribution in [0.25, 0.3) is 0 Å². The van der Waals surface area contributed by atoms with Gasteiger partial charge in [0.1, 0.15) is 5.41 Å². The number of hydrogen-bond acceptors (Lipinski definition) is 1. The summed E-state index contributed by atoms with van der Waals surface area (Å²) in [6.45, 7) is 9.11. The van der Waals surface area contributed by atoms with Crippen LogP contribution in [0, 0.1) is 5.92 Å². The molecular weight excluding hydrogens is 332 g/mol. The standard InChI is InChI=1S/C24H32N2O/c1-19-17-23(2,3)26(4,18-19)16-15-24(22(25)27,20-11-7-5-8-12-20)21-13-9-6-10-14-21/h5-14,19H,15-18H2,1-4H3,(H-,25,27)/p+1/t19-,26?/m1/s1. The average molecular weight is 366 g/mol. The van der Waals surface area contributed by atoms with Gasteiger partial charge in [0.15, 0.2) is 0 Å². The van der Waals surface area contributed by atoms with Gasteiger partial charge in [-0.15, -0.1) is 0 Å². The molecule has 2 atom stereocenters.